The molecule has 7 heteroatoms. The van der Waals surface area contributed by atoms with Crippen molar-refractivity contribution in [2.24, 2.45) is 0 Å². The second kappa shape index (κ2) is 11.9. The van der Waals surface area contributed by atoms with Crippen molar-refractivity contribution in [3.05, 3.63) is 90.5 Å². The number of para-hydroxylation sites is 1. The molecule has 0 aromatic heterocycles. The third-order valence-electron chi connectivity index (χ3n) is 4.37. The number of carbonyl (C=O) groups is 3. The summed E-state index contributed by atoms with van der Waals surface area (Å²) in [6, 6.07) is 25.6. The normalized spacial score (nSPS) is 10.1. The fourth-order valence-corrected chi connectivity index (χ4v) is 2.75. The highest BCUT2D eigenvalue weighted by Gasteiger charge is 2.11. The van der Waals surface area contributed by atoms with Crippen molar-refractivity contribution in [3.63, 3.8) is 0 Å². The van der Waals surface area contributed by atoms with Crippen LogP contribution in [0.25, 0.3) is 0 Å². The van der Waals surface area contributed by atoms with Gasteiger partial charge in [-0.2, -0.15) is 0 Å². The Morgan fingerprint density at radius 1 is 0.688 bits per heavy atom. The molecule has 0 heterocycles. The zero-order valence-corrected chi connectivity index (χ0v) is 17.5. The van der Waals surface area contributed by atoms with Crippen LogP contribution in [-0.4, -0.2) is 24.4 Å². The van der Waals surface area contributed by atoms with Gasteiger partial charge < -0.3 is 20.1 Å². The standard InChI is InChI=1S/C25H24N2O5/c28-23(26-17-19-7-3-1-4-8-19)15-16-25(30)31-18-24(29)27-20-11-13-22(14-12-20)32-21-9-5-2-6-10-21/h1-14H,15-18H2,(H,26,28)(H,27,29). The molecule has 3 rings (SSSR count). The van der Waals surface area contributed by atoms with Crippen molar-refractivity contribution in [2.45, 2.75) is 19.4 Å². The van der Waals surface area contributed by atoms with Crippen molar-refractivity contribution < 1.29 is 23.9 Å². The molecular weight excluding hydrogens is 408 g/mol. The molecule has 2 amide bonds. The topological polar surface area (TPSA) is 93.7 Å². The van der Waals surface area contributed by atoms with Crippen LogP contribution in [0.4, 0.5) is 5.69 Å². The van der Waals surface area contributed by atoms with E-state index in [4.69, 9.17) is 9.47 Å². The molecule has 0 fully saturated rings. The molecule has 3 aromatic rings. The molecule has 0 radical (unpaired) electrons. The Morgan fingerprint density at radius 3 is 2.00 bits per heavy atom. The van der Waals surface area contributed by atoms with Crippen LogP contribution >= 0.6 is 0 Å². The van der Waals surface area contributed by atoms with E-state index < -0.39 is 18.5 Å². The van der Waals surface area contributed by atoms with Crippen LogP contribution < -0.4 is 15.4 Å². The van der Waals surface area contributed by atoms with Crippen molar-refractivity contribution >= 4 is 23.5 Å². The molecule has 0 saturated heterocycles. The number of benzene rings is 3. The molecule has 0 aliphatic carbocycles. The van der Waals surface area contributed by atoms with Crippen LogP contribution in [0.15, 0.2) is 84.9 Å². The Balaban J connectivity index is 1.32. The number of amides is 2. The molecule has 32 heavy (non-hydrogen) atoms. The minimum absolute atomic E-state index is 0.00381. The summed E-state index contributed by atoms with van der Waals surface area (Å²) in [5, 5.41) is 5.38. The van der Waals surface area contributed by atoms with Gasteiger partial charge in [0.1, 0.15) is 11.5 Å². The third-order valence-corrected chi connectivity index (χ3v) is 4.37. The summed E-state index contributed by atoms with van der Waals surface area (Å²) >= 11 is 0. The van der Waals surface area contributed by atoms with Gasteiger partial charge in [0, 0.05) is 18.7 Å². The van der Waals surface area contributed by atoms with Gasteiger partial charge in [-0.05, 0) is 42.0 Å². The molecule has 2 N–H and O–H groups in total. The van der Waals surface area contributed by atoms with Gasteiger partial charge in [-0.1, -0.05) is 48.5 Å². The molecule has 7 nitrogen and oxygen atoms in total. The van der Waals surface area contributed by atoms with Crippen molar-refractivity contribution in [1.29, 1.82) is 0 Å². The van der Waals surface area contributed by atoms with Crippen LogP contribution in [-0.2, 0) is 25.7 Å². The molecule has 0 bridgehead atoms. The van der Waals surface area contributed by atoms with E-state index in [0.29, 0.717) is 23.7 Å². The first-order chi connectivity index (χ1) is 15.6. The number of hydrogen-bond donors (Lipinski definition) is 2. The first-order valence-electron chi connectivity index (χ1n) is 10.2. The van der Waals surface area contributed by atoms with Gasteiger partial charge in [0.05, 0.1) is 6.42 Å². The smallest absolute Gasteiger partial charge is 0.306 e. The minimum Gasteiger partial charge on any atom is -0.457 e. The molecule has 164 valence electrons. The van der Waals surface area contributed by atoms with Crippen molar-refractivity contribution in [1.82, 2.24) is 5.32 Å². The fourth-order valence-electron chi connectivity index (χ4n) is 2.75. The average molecular weight is 432 g/mol. The second-order valence-corrected chi connectivity index (χ2v) is 6.91. The summed E-state index contributed by atoms with van der Waals surface area (Å²) in [4.78, 5) is 35.6. The predicted octanol–water partition coefficient (Wildman–Crippen LogP) is 4.06. The van der Waals surface area contributed by atoms with Crippen LogP contribution in [0.3, 0.4) is 0 Å². The molecular formula is C25H24N2O5. The number of nitrogens with one attached hydrogen (secondary N) is 2. The Kier molecular flexibility index (Phi) is 8.39. The van der Waals surface area contributed by atoms with Crippen LogP contribution in [0, 0.1) is 0 Å². The summed E-state index contributed by atoms with van der Waals surface area (Å²) in [6.07, 6.45) is -0.102. The van der Waals surface area contributed by atoms with E-state index in [1.54, 1.807) is 24.3 Å². The highest BCUT2D eigenvalue weighted by molar-refractivity contribution is 5.93. The maximum atomic E-state index is 12.0. The summed E-state index contributed by atoms with van der Waals surface area (Å²) in [5.41, 5.74) is 1.52. The Morgan fingerprint density at radius 2 is 1.31 bits per heavy atom. The number of carbonyl (C=O) groups excluding carboxylic acids is 3. The quantitative estimate of drug-likeness (QED) is 0.471. The van der Waals surface area contributed by atoms with Crippen molar-refractivity contribution in [2.75, 3.05) is 11.9 Å². The van der Waals surface area contributed by atoms with E-state index >= 15 is 0 Å². The number of hydrogen-bond acceptors (Lipinski definition) is 5. The van der Waals surface area contributed by atoms with Crippen molar-refractivity contribution in [3.8, 4) is 11.5 Å². The van der Waals surface area contributed by atoms with Crippen LogP contribution in [0.2, 0.25) is 0 Å². The minimum atomic E-state index is -0.610. The second-order valence-electron chi connectivity index (χ2n) is 6.91. The average Bonchev–Trinajstić information content (AvgIpc) is 2.82. The van der Waals surface area contributed by atoms with E-state index in [-0.39, 0.29) is 18.7 Å². The molecule has 0 aliphatic rings. The first kappa shape index (κ1) is 22.6. The maximum Gasteiger partial charge on any atom is 0.306 e. The lowest BCUT2D eigenvalue weighted by Gasteiger charge is -2.09. The first-order valence-corrected chi connectivity index (χ1v) is 10.2. The molecule has 3 aromatic carbocycles. The van der Waals surface area contributed by atoms with Crippen LogP contribution in [0.5, 0.6) is 11.5 Å². The molecule has 0 aliphatic heterocycles. The lowest BCUT2D eigenvalue weighted by atomic mass is 10.2. The Labute approximate surface area is 186 Å². The molecule has 0 unspecified atom stereocenters. The van der Waals surface area contributed by atoms with E-state index in [1.165, 1.54) is 0 Å². The number of rotatable bonds is 10. The van der Waals surface area contributed by atoms with Gasteiger partial charge >= 0.3 is 5.97 Å². The fraction of sp³-hybridized carbons (Fsp3) is 0.160. The third kappa shape index (κ3) is 7.95. The highest BCUT2D eigenvalue weighted by Crippen LogP contribution is 2.22. The SMILES string of the molecule is O=C(CCC(=O)OCC(=O)Nc1ccc(Oc2ccccc2)cc1)NCc1ccccc1. The largest absolute Gasteiger partial charge is 0.457 e. The summed E-state index contributed by atoms with van der Waals surface area (Å²) in [6.45, 7) is -0.0287. The van der Waals surface area contributed by atoms with Gasteiger partial charge in [-0.25, -0.2) is 0 Å². The van der Waals surface area contributed by atoms with Gasteiger partial charge in [-0.3, -0.25) is 14.4 Å². The number of ether oxygens (including phenoxy) is 2. The van der Waals surface area contributed by atoms with Crippen LogP contribution in [0.1, 0.15) is 18.4 Å². The lowest BCUT2D eigenvalue weighted by molar-refractivity contribution is -0.148. The monoisotopic (exact) mass is 432 g/mol. The summed E-state index contributed by atoms with van der Waals surface area (Å²) in [7, 11) is 0. The molecule has 0 atom stereocenters. The van der Waals surface area contributed by atoms with Gasteiger partial charge in [0.15, 0.2) is 6.61 Å². The molecule has 0 spiro atoms. The van der Waals surface area contributed by atoms with E-state index in [0.717, 1.165) is 5.56 Å². The lowest BCUT2D eigenvalue weighted by Crippen LogP contribution is -2.25. The number of anilines is 1. The van der Waals surface area contributed by atoms with Gasteiger partial charge in [0.2, 0.25) is 5.91 Å². The zero-order valence-electron chi connectivity index (χ0n) is 17.5. The van der Waals surface area contributed by atoms with E-state index in [2.05, 4.69) is 10.6 Å². The van der Waals surface area contributed by atoms with Gasteiger partial charge in [0.25, 0.3) is 5.91 Å². The maximum absolute atomic E-state index is 12.0. The van der Waals surface area contributed by atoms with E-state index in [9.17, 15) is 14.4 Å². The highest BCUT2D eigenvalue weighted by atomic mass is 16.5. The Hall–Kier alpha value is -4.13. The number of esters is 1. The molecule has 0 saturated carbocycles. The van der Waals surface area contributed by atoms with Gasteiger partial charge in [-0.15, -0.1) is 0 Å². The van der Waals surface area contributed by atoms with E-state index in [1.807, 2.05) is 60.7 Å². The Bertz CT molecular complexity index is 1020. The summed E-state index contributed by atoms with van der Waals surface area (Å²) < 4.78 is 10.6. The predicted molar refractivity (Wildman–Crippen MR) is 120 cm³/mol. The zero-order chi connectivity index (χ0) is 22.6. The summed E-state index contributed by atoms with van der Waals surface area (Å²) in [5.74, 6) is 0.00871.